The zero-order valence-electron chi connectivity index (χ0n) is 20.5. The lowest BCUT2D eigenvalue weighted by Gasteiger charge is -2.18. The number of fused-ring (bicyclic) bond motifs is 1. The molecule has 3 aromatic heterocycles. The summed E-state index contributed by atoms with van der Waals surface area (Å²) >= 11 is 0. The van der Waals surface area contributed by atoms with Crippen LogP contribution in [0.4, 0.5) is 22.0 Å². The van der Waals surface area contributed by atoms with Gasteiger partial charge in [-0.05, 0) is 36.4 Å². The van der Waals surface area contributed by atoms with Crippen LogP contribution in [0.2, 0.25) is 0 Å². The van der Waals surface area contributed by atoms with Crippen LogP contribution in [0.5, 0.6) is 0 Å². The summed E-state index contributed by atoms with van der Waals surface area (Å²) in [5, 5.41) is 17.5. The SMILES string of the molecule is Cn1cc(-c2cnc3ccc(C(F)(F)Cn4nc(-c5ccc(C(=O)O)c(C(F)(F)F)c5)ccc4=O)cc3c2)cn1. The Labute approximate surface area is 221 Å². The number of hydrogen-bond acceptors (Lipinski definition) is 5. The summed E-state index contributed by atoms with van der Waals surface area (Å²) in [4.78, 5) is 27.9. The topological polar surface area (TPSA) is 103 Å². The van der Waals surface area contributed by atoms with E-state index < -0.39 is 46.9 Å². The van der Waals surface area contributed by atoms with Crippen molar-refractivity contribution < 1.29 is 31.9 Å². The maximum Gasteiger partial charge on any atom is 0.417 e. The molecule has 40 heavy (non-hydrogen) atoms. The van der Waals surface area contributed by atoms with Crippen molar-refractivity contribution in [2.45, 2.75) is 18.6 Å². The molecule has 0 saturated carbocycles. The predicted molar refractivity (Wildman–Crippen MR) is 134 cm³/mol. The fourth-order valence-corrected chi connectivity index (χ4v) is 4.21. The number of alkyl halides is 5. The first-order valence-electron chi connectivity index (χ1n) is 11.6. The minimum atomic E-state index is -4.99. The van der Waals surface area contributed by atoms with E-state index in [0.29, 0.717) is 27.2 Å². The zero-order chi connectivity index (χ0) is 28.8. The van der Waals surface area contributed by atoms with Crippen LogP contribution >= 0.6 is 0 Å². The van der Waals surface area contributed by atoms with E-state index in [-0.39, 0.29) is 11.3 Å². The molecule has 0 fully saturated rings. The summed E-state index contributed by atoms with van der Waals surface area (Å²) in [6.45, 7) is -1.19. The summed E-state index contributed by atoms with van der Waals surface area (Å²) in [6.07, 6.45) is -0.0368. The molecule has 0 atom stereocenters. The van der Waals surface area contributed by atoms with Crippen molar-refractivity contribution in [1.29, 1.82) is 0 Å². The van der Waals surface area contributed by atoms with Gasteiger partial charge in [0, 0.05) is 53.1 Å². The highest BCUT2D eigenvalue weighted by Crippen LogP contribution is 2.35. The largest absolute Gasteiger partial charge is 0.478 e. The number of aryl methyl sites for hydroxylation is 1. The molecule has 0 unspecified atom stereocenters. The van der Waals surface area contributed by atoms with Crippen LogP contribution in [-0.4, -0.2) is 35.6 Å². The molecule has 5 aromatic rings. The minimum Gasteiger partial charge on any atom is -0.478 e. The van der Waals surface area contributed by atoms with Gasteiger partial charge in [-0.1, -0.05) is 12.1 Å². The van der Waals surface area contributed by atoms with Crippen LogP contribution < -0.4 is 5.56 Å². The number of aromatic nitrogens is 5. The van der Waals surface area contributed by atoms with Crippen molar-refractivity contribution in [3.63, 3.8) is 0 Å². The number of carbonyl (C=O) groups is 1. The first-order chi connectivity index (χ1) is 18.8. The number of hydrogen-bond donors (Lipinski definition) is 1. The van der Waals surface area contributed by atoms with Crippen molar-refractivity contribution in [2.24, 2.45) is 7.05 Å². The Morgan fingerprint density at radius 2 is 1.70 bits per heavy atom. The molecule has 5 rings (SSSR count). The lowest BCUT2D eigenvalue weighted by atomic mass is 10.0. The fraction of sp³-hybridized carbons (Fsp3) is 0.148. The monoisotopic (exact) mass is 555 g/mol. The van der Waals surface area contributed by atoms with Crippen LogP contribution in [0.15, 0.2) is 78.0 Å². The van der Waals surface area contributed by atoms with Gasteiger partial charge in [0.05, 0.1) is 28.5 Å². The molecule has 2 aromatic carbocycles. The summed E-state index contributed by atoms with van der Waals surface area (Å²) in [7, 11) is 1.74. The molecule has 3 heterocycles. The van der Waals surface area contributed by atoms with Crippen molar-refractivity contribution in [3.05, 3.63) is 100 Å². The van der Waals surface area contributed by atoms with Crippen LogP contribution in [0.3, 0.4) is 0 Å². The van der Waals surface area contributed by atoms with E-state index in [4.69, 9.17) is 5.11 Å². The van der Waals surface area contributed by atoms with E-state index >= 15 is 8.78 Å². The van der Waals surface area contributed by atoms with E-state index in [9.17, 15) is 22.8 Å². The number of rotatable bonds is 6. The Morgan fingerprint density at radius 1 is 0.925 bits per heavy atom. The van der Waals surface area contributed by atoms with Crippen LogP contribution in [-0.2, 0) is 25.7 Å². The summed E-state index contributed by atoms with van der Waals surface area (Å²) < 4.78 is 73.2. The second-order valence-corrected chi connectivity index (χ2v) is 9.02. The fourth-order valence-electron chi connectivity index (χ4n) is 4.21. The maximum atomic E-state index is 15.4. The van der Waals surface area contributed by atoms with Gasteiger partial charge in [-0.25, -0.2) is 9.48 Å². The van der Waals surface area contributed by atoms with Gasteiger partial charge in [0.25, 0.3) is 11.5 Å². The maximum absolute atomic E-state index is 15.4. The van der Waals surface area contributed by atoms with Gasteiger partial charge in [0.1, 0.15) is 6.54 Å². The van der Waals surface area contributed by atoms with E-state index in [1.54, 1.807) is 36.4 Å². The van der Waals surface area contributed by atoms with Gasteiger partial charge >= 0.3 is 12.1 Å². The Kier molecular flexibility index (Phi) is 6.44. The first kappa shape index (κ1) is 26.7. The number of halogens is 5. The Morgan fingerprint density at radius 3 is 2.38 bits per heavy atom. The third-order valence-corrected chi connectivity index (χ3v) is 6.21. The molecule has 1 N–H and O–H groups in total. The van der Waals surface area contributed by atoms with Gasteiger partial charge in [-0.15, -0.1) is 0 Å². The molecule has 0 bridgehead atoms. The van der Waals surface area contributed by atoms with Crippen molar-refractivity contribution >= 4 is 16.9 Å². The van der Waals surface area contributed by atoms with Gasteiger partial charge in [-0.2, -0.15) is 32.1 Å². The summed E-state index contributed by atoms with van der Waals surface area (Å²) in [5.41, 5.74) is -2.28. The number of benzene rings is 2. The van der Waals surface area contributed by atoms with Crippen LogP contribution in [0.1, 0.15) is 21.5 Å². The number of aromatic carboxylic acids is 1. The summed E-state index contributed by atoms with van der Waals surface area (Å²) in [6, 6.07) is 9.86. The highest BCUT2D eigenvalue weighted by molar-refractivity contribution is 5.90. The van der Waals surface area contributed by atoms with E-state index in [0.717, 1.165) is 29.8 Å². The summed E-state index contributed by atoms with van der Waals surface area (Å²) in [5.74, 6) is -5.38. The molecule has 0 aliphatic carbocycles. The first-order valence-corrected chi connectivity index (χ1v) is 11.6. The molecule has 13 heteroatoms. The highest BCUT2D eigenvalue weighted by Gasteiger charge is 2.36. The molecule has 0 radical (unpaired) electrons. The van der Waals surface area contributed by atoms with Gasteiger partial charge in [0.15, 0.2) is 0 Å². The lowest BCUT2D eigenvalue weighted by Crippen LogP contribution is -2.31. The van der Waals surface area contributed by atoms with E-state index in [2.05, 4.69) is 15.2 Å². The van der Waals surface area contributed by atoms with Crippen molar-refractivity contribution in [3.8, 4) is 22.4 Å². The smallest absolute Gasteiger partial charge is 0.417 e. The van der Waals surface area contributed by atoms with Crippen LogP contribution in [0.25, 0.3) is 33.3 Å². The lowest BCUT2D eigenvalue weighted by molar-refractivity contribution is -0.138. The quantitative estimate of drug-likeness (QED) is 0.283. The third kappa shape index (κ3) is 5.17. The Hall–Kier alpha value is -4.94. The van der Waals surface area contributed by atoms with Crippen molar-refractivity contribution in [1.82, 2.24) is 24.5 Å². The van der Waals surface area contributed by atoms with Gasteiger partial charge in [-0.3, -0.25) is 14.5 Å². The standard InChI is InChI=1S/C27H18F5N5O3/c1-36-13-18(12-34-36)17-8-16-9-19(3-5-22(16)33-11-17)26(28,29)14-37-24(38)7-6-23(35-37)15-2-4-20(25(39)40)21(10-15)27(30,31)32/h2-13H,14H2,1H3,(H,39,40). The minimum absolute atomic E-state index is 0.200. The average Bonchev–Trinajstić information content (AvgIpc) is 3.34. The average molecular weight is 555 g/mol. The second kappa shape index (κ2) is 9.67. The molecule has 8 nitrogen and oxygen atoms in total. The molecular weight excluding hydrogens is 537 g/mol. The molecule has 0 aliphatic heterocycles. The number of carboxylic acid groups (broad SMARTS) is 1. The molecule has 0 saturated heterocycles. The predicted octanol–water partition coefficient (Wildman–Crippen LogP) is 5.37. The third-order valence-electron chi connectivity index (χ3n) is 6.21. The van der Waals surface area contributed by atoms with Gasteiger partial charge in [0.2, 0.25) is 0 Å². The number of carboxylic acids is 1. The highest BCUT2D eigenvalue weighted by atomic mass is 19.4. The number of nitrogens with zero attached hydrogens (tertiary/aromatic N) is 5. The van der Waals surface area contributed by atoms with Crippen LogP contribution in [0, 0.1) is 0 Å². The molecule has 204 valence electrons. The molecular formula is C27H18F5N5O3. The zero-order valence-corrected chi connectivity index (χ0v) is 20.5. The van der Waals surface area contributed by atoms with Gasteiger partial charge < -0.3 is 5.11 Å². The molecule has 0 amide bonds. The van der Waals surface area contributed by atoms with Crippen molar-refractivity contribution in [2.75, 3.05) is 0 Å². The second-order valence-electron chi connectivity index (χ2n) is 9.02. The molecule has 0 spiro atoms. The van der Waals surface area contributed by atoms with E-state index in [1.165, 1.54) is 18.2 Å². The Bertz CT molecular complexity index is 1830. The normalized spacial score (nSPS) is 12.2. The molecule has 0 aliphatic rings. The number of pyridine rings is 1. The van der Waals surface area contributed by atoms with E-state index in [1.807, 2.05) is 0 Å². The Balaban J connectivity index is 1.49.